The summed E-state index contributed by atoms with van der Waals surface area (Å²) >= 11 is 0. The van der Waals surface area contributed by atoms with Crippen LogP contribution in [-0.4, -0.2) is 72.1 Å². The molecule has 35 heavy (non-hydrogen) atoms. The van der Waals surface area contributed by atoms with E-state index in [4.69, 9.17) is 31.8 Å². The second-order valence-corrected chi connectivity index (χ2v) is 8.32. The van der Waals surface area contributed by atoms with Gasteiger partial charge in [-0.2, -0.15) is 0 Å². The summed E-state index contributed by atoms with van der Waals surface area (Å²) in [5.74, 6) is 1.75. The lowest BCUT2D eigenvalue weighted by atomic mass is 10.1. The van der Waals surface area contributed by atoms with Gasteiger partial charge in [0.2, 0.25) is 0 Å². The van der Waals surface area contributed by atoms with Gasteiger partial charge in [-0.3, -0.25) is 20.8 Å². The van der Waals surface area contributed by atoms with Gasteiger partial charge in [-0.25, -0.2) is 0 Å². The number of guanidine groups is 2. The number of aryl methyl sites for hydroxylation is 2. The Bertz CT molecular complexity index is 850. The molecule has 2 aromatic heterocycles. The summed E-state index contributed by atoms with van der Waals surface area (Å²) < 4.78 is 10.7. The number of nitrogens with one attached hydrogen (secondary N) is 2. The van der Waals surface area contributed by atoms with Crippen LogP contribution in [-0.2, 0) is 12.8 Å². The first-order valence-electron chi connectivity index (χ1n) is 12.1. The minimum Gasteiger partial charge on any atom is -0.495 e. The van der Waals surface area contributed by atoms with E-state index in [1.54, 1.807) is 26.6 Å². The van der Waals surface area contributed by atoms with E-state index in [1.807, 2.05) is 34.1 Å². The number of nitrogens with zero attached hydrogens (tertiary/aromatic N) is 4. The highest BCUT2D eigenvalue weighted by atomic mass is 16.5. The SMILES string of the molecule is COc1cccnc1CCCCN(CCCN(CCCCc1ncccc1OC)C(=N)N)C(=N)N. The molecule has 0 bridgehead atoms. The molecule has 0 aliphatic rings. The highest BCUT2D eigenvalue weighted by Gasteiger charge is 2.11. The van der Waals surface area contributed by atoms with Gasteiger partial charge in [0.25, 0.3) is 0 Å². The van der Waals surface area contributed by atoms with E-state index in [-0.39, 0.29) is 11.9 Å². The smallest absolute Gasteiger partial charge is 0.188 e. The number of aromatic nitrogens is 2. The van der Waals surface area contributed by atoms with Gasteiger partial charge in [0.05, 0.1) is 25.6 Å². The standard InChI is InChI=1S/C25H40N8O2/c1-34-22-12-7-14-30-20(22)10-3-5-16-32(24(26)27)18-9-19-33(25(28)29)17-6-4-11-21-23(35-2)13-8-15-31-21/h7-8,12-15H,3-6,9-11,16-19H2,1-2H3,(H3,26,27)(H3,28,29). The minimum atomic E-state index is 0.0686. The van der Waals surface area contributed by atoms with Gasteiger partial charge in [-0.1, -0.05) is 0 Å². The Morgan fingerprint density at radius 3 is 1.49 bits per heavy atom. The van der Waals surface area contributed by atoms with Gasteiger partial charge in [-0.15, -0.1) is 0 Å². The van der Waals surface area contributed by atoms with Crippen molar-refractivity contribution in [3.63, 3.8) is 0 Å². The van der Waals surface area contributed by atoms with Crippen LogP contribution in [0.2, 0.25) is 0 Å². The number of pyridine rings is 2. The molecule has 2 heterocycles. The second kappa shape index (κ2) is 15.4. The Morgan fingerprint density at radius 2 is 1.11 bits per heavy atom. The summed E-state index contributed by atoms with van der Waals surface area (Å²) in [5.41, 5.74) is 13.5. The zero-order valence-electron chi connectivity index (χ0n) is 21.0. The Balaban J connectivity index is 1.70. The van der Waals surface area contributed by atoms with E-state index in [0.29, 0.717) is 26.2 Å². The Hall–Kier alpha value is -3.56. The third-order valence-electron chi connectivity index (χ3n) is 5.86. The van der Waals surface area contributed by atoms with E-state index in [0.717, 1.165) is 67.8 Å². The van der Waals surface area contributed by atoms with Crippen molar-refractivity contribution >= 4 is 11.9 Å². The van der Waals surface area contributed by atoms with E-state index in [9.17, 15) is 0 Å². The molecule has 6 N–H and O–H groups in total. The largest absolute Gasteiger partial charge is 0.495 e. The molecule has 192 valence electrons. The number of hydrogen-bond donors (Lipinski definition) is 4. The fourth-order valence-corrected chi connectivity index (χ4v) is 3.94. The highest BCUT2D eigenvalue weighted by molar-refractivity contribution is 5.75. The second-order valence-electron chi connectivity index (χ2n) is 8.32. The molecule has 0 saturated carbocycles. The molecule has 10 heteroatoms. The number of rotatable bonds is 16. The van der Waals surface area contributed by atoms with Gasteiger partial charge in [-0.05, 0) is 69.2 Å². The molecule has 10 nitrogen and oxygen atoms in total. The van der Waals surface area contributed by atoms with Gasteiger partial charge in [0.1, 0.15) is 11.5 Å². The summed E-state index contributed by atoms with van der Waals surface area (Å²) in [6, 6.07) is 7.56. The topological polar surface area (TPSA) is 150 Å². The molecule has 0 spiro atoms. The third kappa shape index (κ3) is 9.68. The predicted molar refractivity (Wildman–Crippen MR) is 139 cm³/mol. The summed E-state index contributed by atoms with van der Waals surface area (Å²) in [4.78, 5) is 12.5. The van der Waals surface area contributed by atoms with Crippen LogP contribution in [0.4, 0.5) is 0 Å². The molecular weight excluding hydrogens is 444 g/mol. The van der Waals surface area contributed by atoms with Crippen molar-refractivity contribution in [2.24, 2.45) is 11.5 Å². The van der Waals surface area contributed by atoms with Crippen LogP contribution < -0.4 is 20.9 Å². The summed E-state index contributed by atoms with van der Waals surface area (Å²) in [5, 5.41) is 15.8. The van der Waals surface area contributed by atoms with Gasteiger partial charge in [0.15, 0.2) is 11.9 Å². The van der Waals surface area contributed by atoms with E-state index < -0.39 is 0 Å². The molecule has 0 radical (unpaired) electrons. The number of nitrogens with two attached hydrogens (primary N) is 2. The predicted octanol–water partition coefficient (Wildman–Crippen LogP) is 2.62. The van der Waals surface area contributed by atoms with Crippen molar-refractivity contribution in [2.75, 3.05) is 40.4 Å². The average Bonchev–Trinajstić information content (AvgIpc) is 2.86. The fourth-order valence-electron chi connectivity index (χ4n) is 3.94. The quantitative estimate of drug-likeness (QED) is 0.161. The van der Waals surface area contributed by atoms with Crippen LogP contribution in [0.5, 0.6) is 11.5 Å². The van der Waals surface area contributed by atoms with Crippen LogP contribution in [0.15, 0.2) is 36.7 Å². The van der Waals surface area contributed by atoms with Crippen molar-refractivity contribution in [2.45, 2.75) is 44.9 Å². The first-order valence-corrected chi connectivity index (χ1v) is 12.1. The molecule has 0 aliphatic heterocycles. The number of hydrogen-bond acceptors (Lipinski definition) is 6. The molecule has 0 fully saturated rings. The van der Waals surface area contributed by atoms with Crippen molar-refractivity contribution in [1.29, 1.82) is 10.8 Å². The number of methoxy groups -OCH3 is 2. The Morgan fingerprint density at radius 1 is 0.714 bits per heavy atom. The fraction of sp³-hybridized carbons (Fsp3) is 0.520. The summed E-state index contributed by atoms with van der Waals surface area (Å²) in [6.45, 7) is 2.71. The maximum Gasteiger partial charge on any atom is 0.188 e. The zero-order chi connectivity index (χ0) is 25.5. The Kier molecular flexibility index (Phi) is 12.2. The van der Waals surface area contributed by atoms with Gasteiger partial charge < -0.3 is 30.7 Å². The van der Waals surface area contributed by atoms with Crippen molar-refractivity contribution in [1.82, 2.24) is 19.8 Å². The normalized spacial score (nSPS) is 10.6. The summed E-state index contributed by atoms with van der Waals surface area (Å²) in [6.07, 6.45) is 9.60. The average molecular weight is 485 g/mol. The lowest BCUT2D eigenvalue weighted by Gasteiger charge is -2.26. The van der Waals surface area contributed by atoms with Gasteiger partial charge in [0, 0.05) is 38.6 Å². The zero-order valence-corrected chi connectivity index (χ0v) is 21.0. The molecule has 0 saturated heterocycles. The van der Waals surface area contributed by atoms with E-state index in [1.165, 1.54) is 0 Å². The van der Waals surface area contributed by atoms with Crippen LogP contribution >= 0.6 is 0 Å². The molecular formula is C25H40N8O2. The molecule has 2 aromatic rings. The van der Waals surface area contributed by atoms with Crippen LogP contribution in [0, 0.1) is 10.8 Å². The summed E-state index contributed by atoms with van der Waals surface area (Å²) in [7, 11) is 3.31. The molecule has 0 aromatic carbocycles. The first-order chi connectivity index (χ1) is 17.0. The Labute approximate surface area is 208 Å². The van der Waals surface area contributed by atoms with Crippen LogP contribution in [0.1, 0.15) is 43.5 Å². The van der Waals surface area contributed by atoms with Crippen molar-refractivity contribution in [3.8, 4) is 11.5 Å². The van der Waals surface area contributed by atoms with Crippen LogP contribution in [0.3, 0.4) is 0 Å². The van der Waals surface area contributed by atoms with E-state index in [2.05, 4.69) is 9.97 Å². The maximum atomic E-state index is 7.91. The first kappa shape index (κ1) is 27.7. The molecule has 0 aliphatic carbocycles. The third-order valence-corrected chi connectivity index (χ3v) is 5.86. The lowest BCUT2D eigenvalue weighted by molar-refractivity contribution is 0.339. The lowest BCUT2D eigenvalue weighted by Crippen LogP contribution is -2.41. The van der Waals surface area contributed by atoms with E-state index >= 15 is 0 Å². The van der Waals surface area contributed by atoms with Crippen molar-refractivity contribution in [3.05, 3.63) is 48.0 Å². The van der Waals surface area contributed by atoms with Crippen molar-refractivity contribution < 1.29 is 9.47 Å². The molecule has 0 unspecified atom stereocenters. The molecule has 0 atom stereocenters. The maximum absolute atomic E-state index is 7.91. The van der Waals surface area contributed by atoms with Gasteiger partial charge >= 0.3 is 0 Å². The monoisotopic (exact) mass is 484 g/mol. The minimum absolute atomic E-state index is 0.0686. The molecule has 0 amide bonds. The molecule has 2 rings (SSSR count). The number of ether oxygens (including phenoxy) is 2. The highest BCUT2D eigenvalue weighted by Crippen LogP contribution is 2.18. The van der Waals surface area contributed by atoms with Crippen LogP contribution in [0.25, 0.3) is 0 Å². The number of unbranched alkanes of at least 4 members (excludes halogenated alkanes) is 2.